The number of nitrogens with one attached hydrogen (secondary N) is 1. The van der Waals surface area contributed by atoms with E-state index in [2.05, 4.69) is 12.2 Å². The van der Waals surface area contributed by atoms with Gasteiger partial charge in [0.05, 0.1) is 25.9 Å². The molecule has 0 aromatic heterocycles. The molecule has 0 saturated carbocycles. The monoisotopic (exact) mass is 517 g/mol. The Morgan fingerprint density at radius 2 is 1.66 bits per heavy atom. The van der Waals surface area contributed by atoms with Crippen LogP contribution in [-0.2, 0) is 30.3 Å². The van der Waals surface area contributed by atoms with Crippen molar-refractivity contribution in [3.05, 3.63) is 87.8 Å². The third kappa shape index (κ3) is 4.97. The number of esters is 2. The van der Waals surface area contributed by atoms with Gasteiger partial charge in [-0.05, 0) is 56.4 Å². The lowest BCUT2D eigenvalue weighted by atomic mass is 9.67. The largest absolute Gasteiger partial charge is 0.496 e. The van der Waals surface area contributed by atoms with Crippen molar-refractivity contribution in [3.63, 3.8) is 0 Å². The number of rotatable bonds is 8. The summed E-state index contributed by atoms with van der Waals surface area (Å²) in [7, 11) is 1.57. The van der Waals surface area contributed by atoms with Crippen molar-refractivity contribution < 1.29 is 28.6 Å². The van der Waals surface area contributed by atoms with Gasteiger partial charge in [-0.1, -0.05) is 49.4 Å². The van der Waals surface area contributed by atoms with Crippen LogP contribution in [0.5, 0.6) is 5.75 Å². The zero-order valence-corrected chi connectivity index (χ0v) is 22.6. The second-order valence-electron chi connectivity index (χ2n) is 9.45. The van der Waals surface area contributed by atoms with Gasteiger partial charge in [0, 0.05) is 28.8 Å². The normalized spacial score (nSPS) is 21.0. The number of methoxy groups -OCH3 is 1. The molecule has 38 heavy (non-hydrogen) atoms. The van der Waals surface area contributed by atoms with Crippen LogP contribution in [0.25, 0.3) is 0 Å². The summed E-state index contributed by atoms with van der Waals surface area (Å²) in [5, 5.41) is 3.33. The summed E-state index contributed by atoms with van der Waals surface area (Å²) < 4.78 is 16.4. The smallest absolute Gasteiger partial charge is 0.336 e. The number of ether oxygens (including phenoxy) is 3. The average molecular weight is 518 g/mol. The van der Waals surface area contributed by atoms with Crippen LogP contribution in [0, 0.1) is 5.92 Å². The number of allylic oxidation sites excluding steroid dienone is 3. The SMILES string of the molecule is CCOC(=O)C1=C(C)NC2=C(C(=O)[C@H](C(=O)OCC)[C@H](c3ccccc3OC)C2)[C@H]1c1ccc(CC)cc1. The molecule has 0 amide bonds. The van der Waals surface area contributed by atoms with Crippen LogP contribution >= 0.6 is 0 Å². The summed E-state index contributed by atoms with van der Waals surface area (Å²) in [6, 6.07) is 15.3. The van der Waals surface area contributed by atoms with Crippen molar-refractivity contribution in [2.24, 2.45) is 5.92 Å². The first kappa shape index (κ1) is 27.2. The number of aryl methyl sites for hydroxylation is 1. The van der Waals surface area contributed by atoms with Gasteiger partial charge in [0.15, 0.2) is 5.78 Å². The summed E-state index contributed by atoms with van der Waals surface area (Å²) in [6.07, 6.45) is 1.24. The van der Waals surface area contributed by atoms with Gasteiger partial charge in [-0.3, -0.25) is 9.59 Å². The number of benzene rings is 2. The summed E-state index contributed by atoms with van der Waals surface area (Å²) in [6.45, 7) is 7.72. The minimum atomic E-state index is -1.08. The Balaban J connectivity index is 1.91. The fourth-order valence-corrected chi connectivity index (χ4v) is 5.56. The van der Waals surface area contributed by atoms with E-state index in [1.165, 1.54) is 0 Å². The molecule has 1 N–H and O–H groups in total. The predicted molar refractivity (Wildman–Crippen MR) is 144 cm³/mol. The van der Waals surface area contributed by atoms with Crippen LogP contribution in [0.3, 0.4) is 0 Å². The van der Waals surface area contributed by atoms with E-state index >= 15 is 0 Å². The molecule has 2 aliphatic rings. The first-order valence-electron chi connectivity index (χ1n) is 13.2. The van der Waals surface area contributed by atoms with Crippen molar-refractivity contribution in [1.29, 1.82) is 0 Å². The Labute approximate surface area is 223 Å². The van der Waals surface area contributed by atoms with E-state index in [0.29, 0.717) is 34.7 Å². The van der Waals surface area contributed by atoms with Crippen LogP contribution in [0.2, 0.25) is 0 Å². The van der Waals surface area contributed by atoms with Crippen LogP contribution in [-0.4, -0.2) is 38.0 Å². The Morgan fingerprint density at radius 3 is 2.29 bits per heavy atom. The number of para-hydroxylation sites is 1. The van der Waals surface area contributed by atoms with Crippen LogP contribution in [0.4, 0.5) is 0 Å². The molecule has 1 aliphatic carbocycles. The standard InChI is InChI=1S/C31H35NO6/c1-6-19-13-15-20(16-14-19)26-25(30(34)37-7-2)18(4)32-23-17-22(21-11-9-10-12-24(21)36-5)27(29(33)28(23)26)31(35)38-8-3/h9-16,22,26-27,32H,6-8,17H2,1-5H3/t22-,26-,27+/m0/s1. The Bertz CT molecular complexity index is 1290. The first-order valence-corrected chi connectivity index (χ1v) is 13.2. The molecular weight excluding hydrogens is 482 g/mol. The number of dihydropyridines is 1. The molecule has 0 saturated heterocycles. The molecular formula is C31H35NO6. The quantitative estimate of drug-likeness (QED) is 0.390. The van der Waals surface area contributed by atoms with Crippen LogP contribution in [0.1, 0.15) is 62.6 Å². The Morgan fingerprint density at radius 1 is 0.974 bits per heavy atom. The van der Waals surface area contributed by atoms with E-state index in [1.807, 2.05) is 55.5 Å². The lowest BCUT2D eigenvalue weighted by Crippen LogP contribution is -2.43. The fourth-order valence-electron chi connectivity index (χ4n) is 5.56. The zero-order valence-electron chi connectivity index (χ0n) is 22.6. The van der Waals surface area contributed by atoms with E-state index in [4.69, 9.17) is 14.2 Å². The number of carbonyl (C=O) groups is 3. The van der Waals surface area contributed by atoms with Gasteiger partial charge in [-0.2, -0.15) is 0 Å². The van der Waals surface area contributed by atoms with Gasteiger partial charge < -0.3 is 19.5 Å². The maximum atomic E-state index is 14.4. The molecule has 1 aliphatic heterocycles. The summed E-state index contributed by atoms with van der Waals surface area (Å²) in [5.41, 5.74) is 4.82. The molecule has 1 heterocycles. The molecule has 7 nitrogen and oxygen atoms in total. The lowest BCUT2D eigenvalue weighted by Gasteiger charge is -2.39. The predicted octanol–water partition coefficient (Wildman–Crippen LogP) is 4.97. The van der Waals surface area contributed by atoms with Gasteiger partial charge >= 0.3 is 11.9 Å². The summed E-state index contributed by atoms with van der Waals surface area (Å²) >= 11 is 0. The van der Waals surface area contributed by atoms with Crippen molar-refractivity contribution in [1.82, 2.24) is 5.32 Å². The maximum absolute atomic E-state index is 14.4. The molecule has 7 heteroatoms. The first-order chi connectivity index (χ1) is 18.4. The summed E-state index contributed by atoms with van der Waals surface area (Å²) in [4.78, 5) is 41.0. The highest BCUT2D eigenvalue weighted by atomic mass is 16.5. The van der Waals surface area contributed by atoms with E-state index in [9.17, 15) is 14.4 Å². The van der Waals surface area contributed by atoms with E-state index in [-0.39, 0.29) is 19.0 Å². The molecule has 2 aromatic rings. The molecule has 3 atom stereocenters. The highest BCUT2D eigenvalue weighted by Crippen LogP contribution is 2.49. The average Bonchev–Trinajstić information content (AvgIpc) is 2.92. The summed E-state index contributed by atoms with van der Waals surface area (Å²) in [5.74, 6) is -3.06. The second-order valence-corrected chi connectivity index (χ2v) is 9.45. The molecule has 4 rings (SSSR count). The van der Waals surface area contributed by atoms with Crippen molar-refractivity contribution in [2.45, 2.75) is 52.4 Å². The number of carbonyl (C=O) groups excluding carboxylic acids is 3. The van der Waals surface area contributed by atoms with Crippen molar-refractivity contribution in [3.8, 4) is 5.75 Å². The van der Waals surface area contributed by atoms with Crippen LogP contribution in [0.15, 0.2) is 71.1 Å². The fraction of sp³-hybridized carbons (Fsp3) is 0.387. The minimum absolute atomic E-state index is 0.153. The topological polar surface area (TPSA) is 90.9 Å². The Kier molecular flexibility index (Phi) is 8.35. The van der Waals surface area contributed by atoms with Gasteiger partial charge in [0.25, 0.3) is 0 Å². The number of ketones is 1. The highest BCUT2D eigenvalue weighted by Gasteiger charge is 2.49. The van der Waals surface area contributed by atoms with E-state index in [1.54, 1.807) is 21.0 Å². The second kappa shape index (κ2) is 11.7. The molecule has 0 unspecified atom stereocenters. The molecule has 0 spiro atoms. The van der Waals surface area contributed by atoms with Gasteiger partial charge in [-0.15, -0.1) is 0 Å². The van der Waals surface area contributed by atoms with Gasteiger partial charge in [0.2, 0.25) is 0 Å². The van der Waals surface area contributed by atoms with E-state index < -0.39 is 29.7 Å². The number of Topliss-reactive ketones (excluding diaryl/α,β-unsaturated/α-hetero) is 1. The van der Waals surface area contributed by atoms with Crippen molar-refractivity contribution >= 4 is 17.7 Å². The van der Waals surface area contributed by atoms with Gasteiger partial charge in [0.1, 0.15) is 11.7 Å². The number of hydrogen-bond donors (Lipinski definition) is 1. The molecule has 0 fully saturated rings. The van der Waals surface area contributed by atoms with Crippen LogP contribution < -0.4 is 10.1 Å². The molecule has 2 aromatic carbocycles. The zero-order chi connectivity index (χ0) is 27.4. The third-order valence-corrected chi connectivity index (χ3v) is 7.31. The van der Waals surface area contributed by atoms with E-state index in [0.717, 1.165) is 23.1 Å². The maximum Gasteiger partial charge on any atom is 0.336 e. The molecule has 0 bridgehead atoms. The minimum Gasteiger partial charge on any atom is -0.496 e. The number of hydrogen-bond acceptors (Lipinski definition) is 7. The molecule has 0 radical (unpaired) electrons. The highest BCUT2D eigenvalue weighted by molar-refractivity contribution is 6.13. The Hall–Kier alpha value is -3.87. The third-order valence-electron chi connectivity index (χ3n) is 7.31. The van der Waals surface area contributed by atoms with Gasteiger partial charge in [-0.25, -0.2) is 4.79 Å². The lowest BCUT2D eigenvalue weighted by molar-refractivity contribution is -0.152. The van der Waals surface area contributed by atoms with Crippen molar-refractivity contribution in [2.75, 3.05) is 20.3 Å². The molecule has 200 valence electrons.